The number of aromatic nitrogens is 1. The van der Waals surface area contributed by atoms with Gasteiger partial charge < -0.3 is 10.7 Å². The van der Waals surface area contributed by atoms with E-state index in [-0.39, 0.29) is 0 Å². The van der Waals surface area contributed by atoms with Crippen LogP contribution in [0.25, 0.3) is 0 Å². The number of hydrogen-bond donors (Lipinski definition) is 2. The third-order valence-electron chi connectivity index (χ3n) is 2.11. The number of H-pyrrole nitrogens is 1. The molecule has 0 radical (unpaired) electrons. The van der Waals surface area contributed by atoms with E-state index >= 15 is 0 Å². The summed E-state index contributed by atoms with van der Waals surface area (Å²) in [4.78, 5) is 18.2. The van der Waals surface area contributed by atoms with Gasteiger partial charge in [0.15, 0.2) is 0 Å². The van der Waals surface area contributed by atoms with E-state index in [0.717, 1.165) is 5.69 Å². The Morgan fingerprint density at radius 3 is 2.88 bits per heavy atom. The lowest BCUT2D eigenvalue weighted by atomic mass is 10.2. The minimum absolute atomic E-state index is 0.447. The van der Waals surface area contributed by atoms with Crippen molar-refractivity contribution in [1.29, 1.82) is 0 Å². The molecule has 1 heterocycles. The second-order valence-corrected chi connectivity index (χ2v) is 3.30. The number of nitrogens with zero attached hydrogens (tertiary/aromatic N) is 1. The third kappa shape index (κ3) is 2.36. The second kappa shape index (κ2) is 4.44. The zero-order chi connectivity index (χ0) is 11.4. The molecule has 0 spiro atoms. The van der Waals surface area contributed by atoms with Gasteiger partial charge in [0.2, 0.25) is 5.91 Å². The maximum Gasteiger partial charge on any atom is 0.248 e. The highest BCUT2D eigenvalue weighted by Crippen LogP contribution is 2.13. The Bertz CT molecular complexity index is 515. The smallest absolute Gasteiger partial charge is 0.248 e. The fraction of sp³-hybridized carbons (Fsp3) is 0. The van der Waals surface area contributed by atoms with Crippen molar-refractivity contribution < 1.29 is 4.79 Å². The topological polar surface area (TPSA) is 71.2 Å². The first-order chi connectivity index (χ1) is 7.75. The number of carbonyl (C=O) groups excluding carboxylic acids is 1. The summed E-state index contributed by atoms with van der Waals surface area (Å²) in [5.74, 6) is -0.447. The van der Waals surface area contributed by atoms with Crippen LogP contribution in [0.15, 0.2) is 47.6 Å². The number of primary amides is 1. The Morgan fingerprint density at radius 2 is 2.19 bits per heavy atom. The lowest BCUT2D eigenvalue weighted by Crippen LogP contribution is -2.10. The molecule has 1 aromatic heterocycles. The second-order valence-electron chi connectivity index (χ2n) is 3.30. The fourth-order valence-electron chi connectivity index (χ4n) is 1.31. The van der Waals surface area contributed by atoms with Crippen molar-refractivity contribution in [1.82, 2.24) is 4.98 Å². The molecule has 0 aliphatic rings. The van der Waals surface area contributed by atoms with E-state index in [0.29, 0.717) is 11.3 Å². The number of aromatic amines is 1. The number of hydrogen-bond acceptors (Lipinski definition) is 2. The molecule has 0 saturated carbocycles. The van der Waals surface area contributed by atoms with Crippen LogP contribution in [0, 0.1) is 0 Å². The van der Waals surface area contributed by atoms with Crippen LogP contribution >= 0.6 is 0 Å². The van der Waals surface area contributed by atoms with Gasteiger partial charge in [0.05, 0.1) is 17.6 Å². The zero-order valence-electron chi connectivity index (χ0n) is 8.55. The third-order valence-corrected chi connectivity index (χ3v) is 2.11. The van der Waals surface area contributed by atoms with Crippen LogP contribution < -0.4 is 5.73 Å². The molecule has 4 heteroatoms. The lowest BCUT2D eigenvalue weighted by molar-refractivity contribution is 0.100. The Labute approximate surface area is 92.8 Å². The van der Waals surface area contributed by atoms with Crippen LogP contribution in [-0.2, 0) is 0 Å². The van der Waals surface area contributed by atoms with Gasteiger partial charge in [0.25, 0.3) is 0 Å². The summed E-state index contributed by atoms with van der Waals surface area (Å²) in [6.07, 6.45) is 3.52. The number of aliphatic imine (C=N–C) groups is 1. The van der Waals surface area contributed by atoms with Crippen LogP contribution in [0.4, 0.5) is 5.69 Å². The molecule has 0 unspecified atom stereocenters. The molecule has 80 valence electrons. The van der Waals surface area contributed by atoms with Crippen molar-refractivity contribution in [3.05, 3.63) is 53.9 Å². The van der Waals surface area contributed by atoms with Crippen molar-refractivity contribution in [2.45, 2.75) is 0 Å². The van der Waals surface area contributed by atoms with Crippen molar-refractivity contribution in [2.75, 3.05) is 0 Å². The van der Waals surface area contributed by atoms with Crippen LogP contribution in [-0.4, -0.2) is 17.1 Å². The van der Waals surface area contributed by atoms with Gasteiger partial charge in [-0.2, -0.15) is 0 Å². The van der Waals surface area contributed by atoms with Crippen LogP contribution in [0.3, 0.4) is 0 Å². The molecular weight excluding hydrogens is 202 g/mol. The summed E-state index contributed by atoms with van der Waals surface area (Å²) >= 11 is 0. The molecule has 4 nitrogen and oxygen atoms in total. The maximum atomic E-state index is 11.0. The summed E-state index contributed by atoms with van der Waals surface area (Å²) in [6, 6.07) is 10.7. The number of nitrogens with one attached hydrogen (secondary N) is 1. The largest absolute Gasteiger partial charge is 0.366 e. The molecule has 3 N–H and O–H groups in total. The van der Waals surface area contributed by atoms with Crippen molar-refractivity contribution in [3.63, 3.8) is 0 Å². The summed E-state index contributed by atoms with van der Waals surface area (Å²) < 4.78 is 0. The summed E-state index contributed by atoms with van der Waals surface area (Å²) in [7, 11) is 0. The molecular formula is C12H11N3O. The summed E-state index contributed by atoms with van der Waals surface area (Å²) in [5, 5.41) is 0. The first kappa shape index (κ1) is 10.2. The maximum absolute atomic E-state index is 11.0. The Hall–Kier alpha value is -2.36. The number of carbonyl (C=O) groups is 1. The Morgan fingerprint density at radius 1 is 1.31 bits per heavy atom. The van der Waals surface area contributed by atoms with Crippen molar-refractivity contribution >= 4 is 17.8 Å². The molecule has 0 atom stereocenters. The van der Waals surface area contributed by atoms with E-state index in [4.69, 9.17) is 5.73 Å². The van der Waals surface area contributed by atoms with Crippen LogP contribution in [0.2, 0.25) is 0 Å². The van der Waals surface area contributed by atoms with E-state index < -0.39 is 5.91 Å². The van der Waals surface area contributed by atoms with Gasteiger partial charge in [0.1, 0.15) is 0 Å². The van der Waals surface area contributed by atoms with Crippen molar-refractivity contribution in [2.24, 2.45) is 10.7 Å². The number of nitrogens with two attached hydrogens (primary N) is 1. The fourth-order valence-corrected chi connectivity index (χ4v) is 1.31. The minimum Gasteiger partial charge on any atom is -0.366 e. The van der Waals surface area contributed by atoms with Gasteiger partial charge >= 0.3 is 0 Å². The molecule has 0 aliphatic heterocycles. The average Bonchev–Trinajstić information content (AvgIpc) is 2.79. The quantitative estimate of drug-likeness (QED) is 0.750. The molecule has 16 heavy (non-hydrogen) atoms. The van der Waals surface area contributed by atoms with E-state index in [1.165, 1.54) is 0 Å². The van der Waals surface area contributed by atoms with Gasteiger partial charge in [-0.05, 0) is 30.3 Å². The van der Waals surface area contributed by atoms with E-state index in [1.807, 2.05) is 24.4 Å². The SMILES string of the molecule is NC(=O)c1cccc(N=Cc2ccc[nH]2)c1. The first-order valence-corrected chi connectivity index (χ1v) is 4.83. The molecule has 0 saturated heterocycles. The highest BCUT2D eigenvalue weighted by molar-refractivity contribution is 5.93. The van der Waals surface area contributed by atoms with Gasteiger partial charge in [0, 0.05) is 11.8 Å². The van der Waals surface area contributed by atoms with E-state index in [1.54, 1.807) is 24.4 Å². The predicted molar refractivity (Wildman–Crippen MR) is 63.0 cm³/mol. The number of amides is 1. The first-order valence-electron chi connectivity index (χ1n) is 4.83. The van der Waals surface area contributed by atoms with Crippen molar-refractivity contribution in [3.8, 4) is 0 Å². The molecule has 1 aromatic carbocycles. The average molecular weight is 213 g/mol. The Balaban J connectivity index is 2.22. The standard InChI is InChI=1S/C12H11N3O/c13-12(16)9-3-1-4-10(7-9)15-8-11-5-2-6-14-11/h1-8,14H,(H2,13,16). The monoisotopic (exact) mass is 213 g/mol. The van der Waals surface area contributed by atoms with Gasteiger partial charge in [-0.25, -0.2) is 0 Å². The van der Waals surface area contributed by atoms with E-state index in [9.17, 15) is 4.79 Å². The highest BCUT2D eigenvalue weighted by atomic mass is 16.1. The van der Waals surface area contributed by atoms with Gasteiger partial charge in [-0.1, -0.05) is 6.07 Å². The molecule has 0 fully saturated rings. The summed E-state index contributed by atoms with van der Waals surface area (Å²) in [6.45, 7) is 0. The Kier molecular flexibility index (Phi) is 2.82. The predicted octanol–water partition coefficient (Wildman–Crippen LogP) is 1.86. The van der Waals surface area contributed by atoms with Gasteiger partial charge in [-0.3, -0.25) is 9.79 Å². The molecule has 2 rings (SSSR count). The molecule has 1 amide bonds. The molecule has 0 bridgehead atoms. The zero-order valence-corrected chi connectivity index (χ0v) is 8.55. The normalized spacial score (nSPS) is 10.8. The van der Waals surface area contributed by atoms with Crippen LogP contribution in [0.5, 0.6) is 0 Å². The number of benzene rings is 1. The van der Waals surface area contributed by atoms with E-state index in [2.05, 4.69) is 9.98 Å². The lowest BCUT2D eigenvalue weighted by Gasteiger charge is -1.96. The minimum atomic E-state index is -0.447. The number of rotatable bonds is 3. The molecule has 0 aliphatic carbocycles. The highest BCUT2D eigenvalue weighted by Gasteiger charge is 1.99. The molecule has 2 aromatic rings. The summed E-state index contributed by atoms with van der Waals surface area (Å²) in [5.41, 5.74) is 7.24. The van der Waals surface area contributed by atoms with Crippen LogP contribution in [0.1, 0.15) is 16.1 Å². The van der Waals surface area contributed by atoms with Gasteiger partial charge in [-0.15, -0.1) is 0 Å².